The van der Waals surface area contributed by atoms with Gasteiger partial charge in [0.05, 0.1) is 18.0 Å². The first-order valence-corrected chi connectivity index (χ1v) is 12.3. The molecule has 0 aliphatic carbocycles. The summed E-state index contributed by atoms with van der Waals surface area (Å²) < 4.78 is 26.7. The number of nitrogens with zero attached hydrogens (tertiary/aromatic N) is 1. The van der Waals surface area contributed by atoms with Gasteiger partial charge in [-0.15, -0.1) is 0 Å². The number of aryl methyl sites for hydroxylation is 4. The van der Waals surface area contributed by atoms with Crippen molar-refractivity contribution in [2.75, 3.05) is 10.6 Å². The normalized spacial score (nSPS) is 13.6. The third kappa shape index (κ3) is 5.63. The summed E-state index contributed by atoms with van der Waals surface area (Å²) in [7, 11) is -3.66. The van der Waals surface area contributed by atoms with E-state index >= 15 is 0 Å². The van der Waals surface area contributed by atoms with Crippen LogP contribution in [-0.2, 0) is 14.8 Å². The van der Waals surface area contributed by atoms with Crippen molar-refractivity contribution in [3.05, 3.63) is 64.2 Å². The molecule has 0 aliphatic rings. The van der Waals surface area contributed by atoms with E-state index in [0.29, 0.717) is 18.5 Å². The quantitative estimate of drug-likeness (QED) is 0.658. The predicted molar refractivity (Wildman–Crippen MR) is 124 cm³/mol. The largest absolute Gasteiger partial charge is 0.347 e. The molecule has 1 N–H and O–H groups in total. The van der Waals surface area contributed by atoms with Crippen LogP contribution < -0.4 is 9.62 Å². The number of nitrogens with one attached hydrogen (secondary N) is 1. The van der Waals surface area contributed by atoms with Gasteiger partial charge in [-0.25, -0.2) is 8.42 Å². The van der Waals surface area contributed by atoms with Crippen LogP contribution in [0.4, 0.5) is 5.69 Å². The van der Waals surface area contributed by atoms with E-state index in [9.17, 15) is 13.2 Å². The van der Waals surface area contributed by atoms with Gasteiger partial charge >= 0.3 is 0 Å². The smallest absolute Gasteiger partial charge is 0.244 e. The molecule has 0 heterocycles. The molecule has 0 fully saturated rings. The second kappa shape index (κ2) is 9.65. The minimum Gasteiger partial charge on any atom is -0.347 e. The Morgan fingerprint density at radius 1 is 0.933 bits per heavy atom. The van der Waals surface area contributed by atoms with Crippen molar-refractivity contribution in [3.63, 3.8) is 0 Å². The van der Waals surface area contributed by atoms with Gasteiger partial charge in [0.1, 0.15) is 6.04 Å². The number of hydrogen-bond acceptors (Lipinski definition) is 3. The minimum atomic E-state index is -3.66. The molecule has 6 heteroatoms. The predicted octanol–water partition coefficient (Wildman–Crippen LogP) is 4.73. The standard InChI is InChI=1S/C24H34N2O3S/c1-8-22(21-11-10-16(3)13-19(21)6)25-24(27)23(9-2)26(30(7,28)29)20-14-17(4)12-18(5)15-20/h10-15,22-23H,8-9H2,1-7H3,(H,25,27)/t22-,23-/m0/s1. The molecule has 0 bridgehead atoms. The molecule has 0 unspecified atom stereocenters. The van der Waals surface area contributed by atoms with Gasteiger partial charge in [-0.05, 0) is 74.9 Å². The molecule has 5 nitrogen and oxygen atoms in total. The summed E-state index contributed by atoms with van der Waals surface area (Å²) in [5, 5.41) is 3.10. The van der Waals surface area contributed by atoms with Crippen molar-refractivity contribution < 1.29 is 13.2 Å². The van der Waals surface area contributed by atoms with E-state index in [1.54, 1.807) is 0 Å². The molecule has 30 heavy (non-hydrogen) atoms. The highest BCUT2D eigenvalue weighted by molar-refractivity contribution is 7.92. The Morgan fingerprint density at radius 2 is 1.53 bits per heavy atom. The van der Waals surface area contributed by atoms with E-state index in [0.717, 1.165) is 28.5 Å². The van der Waals surface area contributed by atoms with E-state index < -0.39 is 16.1 Å². The Balaban J connectivity index is 2.42. The molecule has 0 aromatic heterocycles. The van der Waals surface area contributed by atoms with Gasteiger partial charge < -0.3 is 5.32 Å². The maximum atomic E-state index is 13.3. The van der Waals surface area contributed by atoms with E-state index in [-0.39, 0.29) is 11.9 Å². The molecule has 164 valence electrons. The van der Waals surface area contributed by atoms with E-state index in [4.69, 9.17) is 0 Å². The lowest BCUT2D eigenvalue weighted by Gasteiger charge is -2.32. The van der Waals surface area contributed by atoms with Gasteiger partial charge in [0.2, 0.25) is 15.9 Å². The molecular weight excluding hydrogens is 396 g/mol. The lowest BCUT2D eigenvalue weighted by Crippen LogP contribution is -2.50. The monoisotopic (exact) mass is 430 g/mol. The van der Waals surface area contributed by atoms with Gasteiger partial charge in [0, 0.05) is 0 Å². The summed E-state index contributed by atoms with van der Waals surface area (Å²) in [5.74, 6) is -0.283. The van der Waals surface area contributed by atoms with Gasteiger partial charge in [-0.2, -0.15) is 0 Å². The maximum Gasteiger partial charge on any atom is 0.244 e. The number of carbonyl (C=O) groups excluding carboxylic acids is 1. The van der Waals surface area contributed by atoms with Crippen molar-refractivity contribution in [1.29, 1.82) is 0 Å². The zero-order valence-corrected chi connectivity index (χ0v) is 19.9. The number of benzene rings is 2. The molecular formula is C24H34N2O3S. The van der Waals surface area contributed by atoms with Crippen molar-refractivity contribution in [2.24, 2.45) is 0 Å². The van der Waals surface area contributed by atoms with Crippen molar-refractivity contribution in [2.45, 2.75) is 66.5 Å². The molecule has 2 rings (SSSR count). The van der Waals surface area contributed by atoms with Gasteiger partial charge in [0.15, 0.2) is 0 Å². The molecule has 1 amide bonds. The van der Waals surface area contributed by atoms with E-state index in [2.05, 4.69) is 11.4 Å². The van der Waals surface area contributed by atoms with Crippen molar-refractivity contribution >= 4 is 21.6 Å². The van der Waals surface area contributed by atoms with Crippen molar-refractivity contribution in [3.8, 4) is 0 Å². The Morgan fingerprint density at radius 3 is 2.00 bits per heavy atom. The average Bonchev–Trinajstić information content (AvgIpc) is 2.62. The lowest BCUT2D eigenvalue weighted by atomic mass is 9.97. The maximum absolute atomic E-state index is 13.3. The Kier molecular flexibility index (Phi) is 7.70. The molecule has 0 radical (unpaired) electrons. The molecule has 2 aromatic carbocycles. The third-order valence-electron chi connectivity index (χ3n) is 5.32. The van der Waals surface area contributed by atoms with Gasteiger partial charge in [0.25, 0.3) is 0 Å². The zero-order valence-electron chi connectivity index (χ0n) is 19.1. The van der Waals surface area contributed by atoms with Crippen LogP contribution in [0.3, 0.4) is 0 Å². The second-order valence-corrected chi connectivity index (χ2v) is 10.0. The number of sulfonamides is 1. The first-order valence-electron chi connectivity index (χ1n) is 10.4. The van der Waals surface area contributed by atoms with Crippen LogP contribution in [0.5, 0.6) is 0 Å². The summed E-state index contributed by atoms with van der Waals surface area (Å²) in [4.78, 5) is 13.3. The molecule has 2 aromatic rings. The van der Waals surface area contributed by atoms with Crippen LogP contribution in [0, 0.1) is 27.7 Å². The number of amides is 1. The topological polar surface area (TPSA) is 66.5 Å². The molecule has 2 atom stereocenters. The minimum absolute atomic E-state index is 0.173. The third-order valence-corrected chi connectivity index (χ3v) is 6.50. The first kappa shape index (κ1) is 23.9. The van der Waals surface area contributed by atoms with E-state index in [1.165, 1.54) is 9.87 Å². The fourth-order valence-electron chi connectivity index (χ4n) is 4.02. The Bertz CT molecular complexity index is 995. The number of anilines is 1. The fourth-order valence-corrected chi connectivity index (χ4v) is 5.22. The van der Waals surface area contributed by atoms with Gasteiger partial charge in [-0.1, -0.05) is 43.7 Å². The van der Waals surface area contributed by atoms with Crippen LogP contribution in [0.25, 0.3) is 0 Å². The molecule has 0 saturated heterocycles. The Hall–Kier alpha value is -2.34. The number of rotatable bonds is 8. The first-order chi connectivity index (χ1) is 14.0. The van der Waals surface area contributed by atoms with Gasteiger partial charge in [-0.3, -0.25) is 9.10 Å². The van der Waals surface area contributed by atoms with Crippen LogP contribution >= 0.6 is 0 Å². The van der Waals surface area contributed by atoms with E-state index in [1.807, 2.05) is 71.9 Å². The summed E-state index contributed by atoms with van der Waals surface area (Å²) in [6.45, 7) is 11.8. The van der Waals surface area contributed by atoms with Crippen LogP contribution in [-0.4, -0.2) is 26.6 Å². The van der Waals surface area contributed by atoms with Crippen molar-refractivity contribution in [1.82, 2.24) is 5.32 Å². The highest BCUT2D eigenvalue weighted by Gasteiger charge is 2.32. The van der Waals surface area contributed by atoms with Crippen LogP contribution in [0.15, 0.2) is 36.4 Å². The summed E-state index contributed by atoms with van der Waals surface area (Å²) in [6.07, 6.45) is 2.24. The fraction of sp³-hybridized carbons (Fsp3) is 0.458. The number of carbonyl (C=O) groups is 1. The summed E-state index contributed by atoms with van der Waals surface area (Å²) in [6, 6.07) is 10.8. The SMILES string of the molecule is CC[C@H](NC(=O)[C@H](CC)N(c1cc(C)cc(C)c1)S(C)(=O)=O)c1ccc(C)cc1C. The Labute approximate surface area is 181 Å². The zero-order chi connectivity index (χ0) is 22.6. The highest BCUT2D eigenvalue weighted by atomic mass is 32.2. The number of hydrogen-bond donors (Lipinski definition) is 1. The lowest BCUT2D eigenvalue weighted by molar-refractivity contribution is -0.123. The molecule has 0 spiro atoms. The average molecular weight is 431 g/mol. The summed E-state index contributed by atoms with van der Waals surface area (Å²) in [5.41, 5.74) is 5.78. The van der Waals surface area contributed by atoms with Crippen LogP contribution in [0.2, 0.25) is 0 Å². The molecule has 0 saturated carbocycles. The molecule has 0 aliphatic heterocycles. The summed E-state index contributed by atoms with van der Waals surface area (Å²) >= 11 is 0. The second-order valence-electron chi connectivity index (χ2n) is 8.16. The van der Waals surface area contributed by atoms with Crippen LogP contribution in [0.1, 0.15) is 60.5 Å². The highest BCUT2D eigenvalue weighted by Crippen LogP contribution is 2.27.